The Labute approximate surface area is 616 Å². The zero-order valence-corrected chi connectivity index (χ0v) is 66.5. The Morgan fingerprint density at radius 1 is 0.333 bits per heavy atom. The van der Waals surface area contributed by atoms with Gasteiger partial charge in [0.15, 0.2) is 5.78 Å². The van der Waals surface area contributed by atoms with Gasteiger partial charge in [-0.25, -0.2) is 9.13 Å². The quantitative estimate of drug-likeness (QED) is 0.0156. The van der Waals surface area contributed by atoms with Crippen molar-refractivity contribution in [1.29, 1.82) is 0 Å². The van der Waals surface area contributed by atoms with Crippen molar-refractivity contribution in [3.05, 3.63) is 59.7 Å². The van der Waals surface area contributed by atoms with Crippen LogP contribution in [0.25, 0.3) is 0 Å². The lowest BCUT2D eigenvalue weighted by Gasteiger charge is -2.25. The lowest BCUT2D eigenvalue weighted by Crippen LogP contribution is -2.37. The molecule has 2 aromatic rings. The number of quaternary nitrogens is 2. The summed E-state index contributed by atoms with van der Waals surface area (Å²) in [7, 11) is 2.53. The molecule has 21 nitrogen and oxygen atoms in total. The van der Waals surface area contributed by atoms with Crippen molar-refractivity contribution in [2.24, 2.45) is 0 Å². The SMILES string of the molecule is CCCCCCCCCCCCCC(=O)OCC(COC(=O)CCCCCCCCCCOc1ccc(C(=O)c2ccc(OCCCCCCCCCCC(=O)OCC(COC(=O)CCCCCCCCCCCCC)OP(=O)(O)OCC[N+](C)(C)C)cc2)cc1)OP(=O)(O)OCC[N+](C)(C)C. The van der Waals surface area contributed by atoms with E-state index in [-0.39, 0.29) is 71.1 Å². The second-order valence-electron chi connectivity index (χ2n) is 29.6. The van der Waals surface area contributed by atoms with Crippen LogP contribution < -0.4 is 9.47 Å². The maximum atomic E-state index is 13.3. The van der Waals surface area contributed by atoms with Gasteiger partial charge in [-0.3, -0.25) is 42.1 Å². The summed E-state index contributed by atoms with van der Waals surface area (Å²) in [5, 5.41) is 0. The molecule has 2 aromatic carbocycles. The van der Waals surface area contributed by atoms with Gasteiger partial charge in [-0.05, 0) is 87.1 Å². The lowest BCUT2D eigenvalue weighted by molar-refractivity contribution is -0.870. The molecular weight excluding hydrogens is 1340 g/mol. The highest BCUT2D eigenvalue weighted by molar-refractivity contribution is 7.47. The van der Waals surface area contributed by atoms with Crippen LogP contribution in [0.5, 0.6) is 11.5 Å². The highest BCUT2D eigenvalue weighted by Gasteiger charge is 2.31. The van der Waals surface area contributed by atoms with Crippen molar-refractivity contribution in [3.63, 3.8) is 0 Å². The third-order valence-electron chi connectivity index (χ3n) is 17.6. The molecule has 4 unspecified atom stereocenters. The Bertz CT molecular complexity index is 2390. The van der Waals surface area contributed by atoms with Crippen molar-refractivity contribution in [2.75, 3.05) is 108 Å². The molecule has 0 aromatic heterocycles. The van der Waals surface area contributed by atoms with Gasteiger partial charge in [-0.15, -0.1) is 0 Å². The van der Waals surface area contributed by atoms with E-state index in [1.807, 2.05) is 66.6 Å². The molecule has 2 rings (SSSR count). The number of ketones is 1. The smallest absolute Gasteiger partial charge is 0.472 e. The Kier molecular flexibility index (Phi) is 54.1. The van der Waals surface area contributed by atoms with E-state index in [0.717, 1.165) is 128 Å². The van der Waals surface area contributed by atoms with E-state index in [1.165, 1.54) is 89.9 Å². The molecule has 23 heteroatoms. The van der Waals surface area contributed by atoms with Crippen LogP contribution in [0.3, 0.4) is 0 Å². The number of carbonyl (C=O) groups excluding carboxylic acids is 5. The summed E-state index contributed by atoms with van der Waals surface area (Å²) in [6, 6.07) is 14.5. The Morgan fingerprint density at radius 2 is 0.559 bits per heavy atom. The van der Waals surface area contributed by atoms with Crippen LogP contribution in [0, 0.1) is 0 Å². The number of phosphoric acid groups is 2. The van der Waals surface area contributed by atoms with E-state index in [4.69, 9.17) is 46.5 Å². The van der Waals surface area contributed by atoms with E-state index in [1.54, 1.807) is 24.3 Å². The number of ether oxygens (including phenoxy) is 6. The summed E-state index contributed by atoms with van der Waals surface area (Å²) in [6.07, 6.45) is 39.3. The monoisotopic (exact) mass is 1480 g/mol. The molecule has 0 aliphatic rings. The lowest BCUT2D eigenvalue weighted by atomic mass is 10.0. The van der Waals surface area contributed by atoms with Crippen molar-refractivity contribution < 1.29 is 98.4 Å². The minimum atomic E-state index is -4.52. The molecule has 0 spiro atoms. The van der Waals surface area contributed by atoms with E-state index in [0.29, 0.717) is 83.6 Å². The molecule has 4 atom stereocenters. The molecule has 0 radical (unpaired) electrons. The van der Waals surface area contributed by atoms with Crippen LogP contribution in [-0.4, -0.2) is 169 Å². The number of likely N-dealkylation sites (N-methyl/N-ethyl adjacent to an activating group) is 2. The van der Waals surface area contributed by atoms with Gasteiger partial charge in [0.05, 0.1) is 55.5 Å². The maximum Gasteiger partial charge on any atom is 0.472 e. The average molecular weight is 1480 g/mol. The van der Waals surface area contributed by atoms with Gasteiger partial charge in [-0.2, -0.15) is 0 Å². The molecular formula is C79H140N2O19P2+2. The number of benzene rings is 2. The zero-order chi connectivity index (χ0) is 74.8. The summed E-state index contributed by atoms with van der Waals surface area (Å²) in [5.74, 6) is -0.417. The second kappa shape index (κ2) is 58.9. The number of carbonyl (C=O) groups is 5. The summed E-state index contributed by atoms with van der Waals surface area (Å²) in [5.41, 5.74) is 1.15. The molecule has 0 bridgehead atoms. The number of esters is 4. The topological polar surface area (TPSA) is 252 Å². The maximum absolute atomic E-state index is 13.3. The van der Waals surface area contributed by atoms with E-state index < -0.39 is 51.7 Å². The van der Waals surface area contributed by atoms with Gasteiger partial charge in [0.2, 0.25) is 0 Å². The normalized spacial score (nSPS) is 13.6. The first-order valence-corrected chi connectivity index (χ1v) is 42.4. The largest absolute Gasteiger partial charge is 0.494 e. The first kappa shape index (κ1) is 93.8. The predicted molar refractivity (Wildman–Crippen MR) is 404 cm³/mol. The van der Waals surface area contributed by atoms with Gasteiger partial charge in [0, 0.05) is 36.8 Å². The van der Waals surface area contributed by atoms with E-state index in [2.05, 4.69) is 13.8 Å². The van der Waals surface area contributed by atoms with Gasteiger partial charge in [0.1, 0.15) is 76.4 Å². The number of phosphoric ester groups is 2. The van der Waals surface area contributed by atoms with Gasteiger partial charge in [-0.1, -0.05) is 219 Å². The van der Waals surface area contributed by atoms with Crippen molar-refractivity contribution in [1.82, 2.24) is 0 Å². The Morgan fingerprint density at radius 3 is 0.794 bits per heavy atom. The minimum absolute atomic E-state index is 0.0242. The van der Waals surface area contributed by atoms with Gasteiger partial charge in [0.25, 0.3) is 0 Å². The molecule has 0 fully saturated rings. The second-order valence-corrected chi connectivity index (χ2v) is 32.4. The fourth-order valence-electron chi connectivity index (χ4n) is 11.2. The van der Waals surface area contributed by atoms with E-state index >= 15 is 0 Å². The number of hydrogen-bond acceptors (Lipinski definition) is 17. The standard InChI is InChI=1S/C79H138N2O19P2/c1-9-11-13-15-17-19-21-23-29-35-41-47-75(82)93-65-73(99-101(87,88)97-63-59-80(3,4)5)67-95-77(84)49-43-37-31-25-27-33-39-45-61-91-71-55-51-69(52-56-71)79(86)70-53-57-72(58-54-70)92-62-46-40-34-28-26-32-38-44-50-78(85)96-68-74(100-102(89,90)98-64-60-81(6,7)8)66-94-76(83)48-42-36-30-24-22-20-18-16-14-12-10-2/h51-58,73-74H,9-50,59-68H2,1-8H3/p+2. The molecule has 2 N–H and O–H groups in total. The Balaban J connectivity index is 1.57. The molecule has 588 valence electrons. The molecule has 0 saturated heterocycles. The van der Waals surface area contributed by atoms with Crippen LogP contribution in [-0.2, 0) is 65.4 Å². The summed E-state index contributed by atoms with van der Waals surface area (Å²) in [4.78, 5) is 84.7. The number of unbranched alkanes of at least 4 members (excludes halogenated alkanes) is 34. The Hall–Kier alpha value is -4.27. The first-order valence-electron chi connectivity index (χ1n) is 39.4. The van der Waals surface area contributed by atoms with Crippen LogP contribution in [0.15, 0.2) is 48.5 Å². The number of nitrogens with zero attached hydrogens (tertiary/aromatic N) is 2. The van der Waals surface area contributed by atoms with Crippen LogP contribution >= 0.6 is 15.6 Å². The van der Waals surface area contributed by atoms with Crippen molar-refractivity contribution in [3.8, 4) is 11.5 Å². The highest BCUT2D eigenvalue weighted by Crippen LogP contribution is 2.45. The summed E-state index contributed by atoms with van der Waals surface area (Å²) >= 11 is 0. The van der Waals surface area contributed by atoms with Crippen LogP contribution in [0.1, 0.15) is 299 Å². The van der Waals surface area contributed by atoms with Crippen LogP contribution in [0.2, 0.25) is 0 Å². The summed E-state index contributed by atoms with van der Waals surface area (Å²) < 4.78 is 81.4. The zero-order valence-electron chi connectivity index (χ0n) is 64.7. The van der Waals surface area contributed by atoms with Crippen LogP contribution in [0.4, 0.5) is 0 Å². The van der Waals surface area contributed by atoms with Gasteiger partial charge < -0.3 is 47.2 Å². The molecule has 102 heavy (non-hydrogen) atoms. The molecule has 0 saturated carbocycles. The number of rotatable bonds is 70. The summed E-state index contributed by atoms with van der Waals surface area (Å²) in [6.45, 7) is 5.12. The number of hydrogen-bond donors (Lipinski definition) is 2. The van der Waals surface area contributed by atoms with E-state index in [9.17, 15) is 42.9 Å². The molecule has 0 aliphatic carbocycles. The fraction of sp³-hybridized carbons (Fsp3) is 0.785. The molecule has 0 heterocycles. The average Bonchev–Trinajstić information content (AvgIpc) is 0.845. The first-order chi connectivity index (χ1) is 48.9. The highest BCUT2D eigenvalue weighted by atomic mass is 31.2. The molecule has 0 aliphatic heterocycles. The van der Waals surface area contributed by atoms with Gasteiger partial charge >= 0.3 is 39.5 Å². The third kappa shape index (κ3) is 56.1. The predicted octanol–water partition coefficient (Wildman–Crippen LogP) is 18.7. The third-order valence-corrected chi connectivity index (χ3v) is 19.8. The van der Waals surface area contributed by atoms with Crippen molar-refractivity contribution in [2.45, 2.75) is 296 Å². The fourth-order valence-corrected chi connectivity index (χ4v) is 13.0. The molecule has 0 amide bonds. The van der Waals surface area contributed by atoms with Crippen molar-refractivity contribution >= 4 is 45.3 Å². The minimum Gasteiger partial charge on any atom is -0.494 e.